The summed E-state index contributed by atoms with van der Waals surface area (Å²) in [4.78, 5) is 25.3. The molecule has 0 atom stereocenters. The monoisotopic (exact) mass is 390 g/mol. The highest BCUT2D eigenvalue weighted by Crippen LogP contribution is 2.23. The van der Waals surface area contributed by atoms with E-state index in [1.165, 1.54) is 19.2 Å². The fourth-order valence-corrected chi connectivity index (χ4v) is 3.05. The zero-order valence-electron chi connectivity index (χ0n) is 16.3. The lowest BCUT2D eigenvalue weighted by atomic mass is 9.96. The van der Waals surface area contributed by atoms with E-state index in [4.69, 9.17) is 9.47 Å². The average molecular weight is 390 g/mol. The number of benzene rings is 3. The summed E-state index contributed by atoms with van der Waals surface area (Å²) in [5, 5.41) is 10.1. The van der Waals surface area contributed by atoms with Gasteiger partial charge >= 0.3 is 0 Å². The molecule has 0 amide bonds. The van der Waals surface area contributed by atoms with Crippen molar-refractivity contribution in [2.45, 2.75) is 12.8 Å². The smallest absolute Gasteiger partial charge is 0.237 e. The zero-order valence-corrected chi connectivity index (χ0v) is 16.3. The summed E-state index contributed by atoms with van der Waals surface area (Å²) < 4.78 is 10.3. The molecule has 3 aromatic rings. The van der Waals surface area contributed by atoms with E-state index < -0.39 is 11.6 Å². The third kappa shape index (κ3) is 4.82. The molecule has 148 valence electrons. The molecule has 0 heterocycles. The molecule has 3 rings (SSSR count). The number of ketones is 2. The summed E-state index contributed by atoms with van der Waals surface area (Å²) in [6.45, 7) is 0. The number of aromatic hydroxyl groups is 1. The maximum Gasteiger partial charge on any atom is 0.237 e. The fraction of sp³-hybridized carbons (Fsp3) is 0.167. The first-order valence-corrected chi connectivity index (χ1v) is 9.19. The van der Waals surface area contributed by atoms with Gasteiger partial charge in [-0.1, -0.05) is 30.3 Å². The van der Waals surface area contributed by atoms with E-state index in [0.29, 0.717) is 12.2 Å². The van der Waals surface area contributed by atoms with Gasteiger partial charge in [-0.3, -0.25) is 9.59 Å². The van der Waals surface area contributed by atoms with Crippen molar-refractivity contribution in [3.05, 3.63) is 89.0 Å². The Morgan fingerprint density at radius 1 is 0.759 bits per heavy atom. The molecule has 0 saturated heterocycles. The third-order valence-electron chi connectivity index (χ3n) is 4.68. The van der Waals surface area contributed by atoms with Crippen LogP contribution >= 0.6 is 0 Å². The predicted octanol–water partition coefficient (Wildman–Crippen LogP) is 4.26. The second-order valence-electron chi connectivity index (χ2n) is 6.59. The molecule has 0 aliphatic carbocycles. The normalized spacial score (nSPS) is 10.4. The zero-order chi connectivity index (χ0) is 20.8. The molecule has 0 bridgehead atoms. The number of phenolic OH excluding ortho intramolecular Hbond substituents is 1. The molecule has 0 spiro atoms. The molecular weight excluding hydrogens is 368 g/mol. The largest absolute Gasteiger partial charge is 0.507 e. The van der Waals surface area contributed by atoms with Gasteiger partial charge in [-0.15, -0.1) is 0 Å². The first-order chi connectivity index (χ1) is 14.0. The van der Waals surface area contributed by atoms with E-state index in [9.17, 15) is 14.7 Å². The lowest BCUT2D eigenvalue weighted by molar-refractivity contribution is 0.0815. The van der Waals surface area contributed by atoms with E-state index >= 15 is 0 Å². The summed E-state index contributed by atoms with van der Waals surface area (Å²) in [5.74, 6) is -0.382. The Morgan fingerprint density at radius 2 is 1.38 bits per heavy atom. The predicted molar refractivity (Wildman–Crippen MR) is 110 cm³/mol. The van der Waals surface area contributed by atoms with Gasteiger partial charge in [0.25, 0.3) is 0 Å². The Labute approximate surface area is 169 Å². The number of hydrogen-bond donors (Lipinski definition) is 1. The molecule has 0 unspecified atom stereocenters. The minimum atomic E-state index is -0.751. The van der Waals surface area contributed by atoms with Crippen LogP contribution in [-0.2, 0) is 12.8 Å². The first kappa shape index (κ1) is 20.1. The maximum absolute atomic E-state index is 12.7. The van der Waals surface area contributed by atoms with Crippen molar-refractivity contribution in [2.24, 2.45) is 0 Å². The van der Waals surface area contributed by atoms with Crippen LogP contribution in [-0.4, -0.2) is 30.9 Å². The summed E-state index contributed by atoms with van der Waals surface area (Å²) in [7, 11) is 3.11. The van der Waals surface area contributed by atoms with Gasteiger partial charge in [0, 0.05) is 5.56 Å². The minimum Gasteiger partial charge on any atom is -0.507 e. The van der Waals surface area contributed by atoms with Crippen molar-refractivity contribution in [1.82, 2.24) is 0 Å². The fourth-order valence-electron chi connectivity index (χ4n) is 3.05. The van der Waals surface area contributed by atoms with Crippen molar-refractivity contribution in [3.8, 4) is 17.2 Å². The van der Waals surface area contributed by atoms with Crippen LogP contribution in [0.4, 0.5) is 0 Å². The number of ether oxygens (including phenoxy) is 2. The summed E-state index contributed by atoms with van der Waals surface area (Å²) >= 11 is 0. The Bertz CT molecular complexity index is 1040. The van der Waals surface area contributed by atoms with Gasteiger partial charge in [-0.2, -0.15) is 0 Å². The van der Waals surface area contributed by atoms with Crippen LogP contribution in [0.2, 0.25) is 0 Å². The molecule has 29 heavy (non-hydrogen) atoms. The quantitative estimate of drug-likeness (QED) is 0.460. The standard InChI is InChI=1S/C24H22O5/c1-28-19-7-3-5-16(13-19)9-10-17-11-12-22(25)21(14-17)24(27)23(26)18-6-4-8-20(15-18)29-2/h3-8,11-15,25H,9-10H2,1-2H3. The van der Waals surface area contributed by atoms with Crippen molar-refractivity contribution in [1.29, 1.82) is 0 Å². The molecule has 0 saturated carbocycles. The lowest BCUT2D eigenvalue weighted by Crippen LogP contribution is -2.15. The molecule has 0 fully saturated rings. The van der Waals surface area contributed by atoms with E-state index in [1.807, 2.05) is 24.3 Å². The average Bonchev–Trinajstić information content (AvgIpc) is 2.77. The van der Waals surface area contributed by atoms with Crippen LogP contribution in [0.25, 0.3) is 0 Å². The Hall–Kier alpha value is -3.60. The van der Waals surface area contributed by atoms with E-state index in [2.05, 4.69) is 0 Å². The first-order valence-electron chi connectivity index (χ1n) is 9.19. The number of Topliss-reactive ketones (excluding diaryl/α,β-unsaturated/α-hetero) is 2. The highest BCUT2D eigenvalue weighted by atomic mass is 16.5. The number of rotatable bonds is 8. The summed E-state index contributed by atoms with van der Waals surface area (Å²) in [5.41, 5.74) is 2.17. The Kier molecular flexibility index (Phi) is 6.29. The van der Waals surface area contributed by atoms with Crippen molar-refractivity contribution < 1.29 is 24.2 Å². The van der Waals surface area contributed by atoms with Gasteiger partial charge in [0.1, 0.15) is 17.2 Å². The number of methoxy groups -OCH3 is 2. The Morgan fingerprint density at radius 3 is 2.07 bits per heavy atom. The Balaban J connectivity index is 1.78. The molecule has 1 N–H and O–H groups in total. The van der Waals surface area contributed by atoms with Crippen molar-refractivity contribution >= 4 is 11.6 Å². The molecule has 3 aromatic carbocycles. The van der Waals surface area contributed by atoms with E-state index in [-0.39, 0.29) is 16.9 Å². The molecule has 5 nitrogen and oxygen atoms in total. The van der Waals surface area contributed by atoms with Crippen LogP contribution in [0.15, 0.2) is 66.7 Å². The number of aryl methyl sites for hydroxylation is 2. The molecule has 0 aromatic heterocycles. The highest BCUT2D eigenvalue weighted by Gasteiger charge is 2.22. The third-order valence-corrected chi connectivity index (χ3v) is 4.68. The van der Waals surface area contributed by atoms with Crippen LogP contribution in [0, 0.1) is 0 Å². The van der Waals surface area contributed by atoms with Gasteiger partial charge in [-0.05, 0) is 60.4 Å². The number of phenols is 1. The van der Waals surface area contributed by atoms with Gasteiger partial charge < -0.3 is 14.6 Å². The van der Waals surface area contributed by atoms with Gasteiger partial charge in [0.15, 0.2) is 0 Å². The van der Waals surface area contributed by atoms with Gasteiger partial charge in [-0.25, -0.2) is 0 Å². The molecule has 0 radical (unpaired) electrons. The second kappa shape index (κ2) is 9.06. The topological polar surface area (TPSA) is 72.8 Å². The van der Waals surface area contributed by atoms with E-state index in [0.717, 1.165) is 23.3 Å². The maximum atomic E-state index is 12.7. The summed E-state index contributed by atoms with van der Waals surface area (Å²) in [6, 6.07) is 18.9. The molecular formula is C24H22O5. The SMILES string of the molecule is COc1cccc(CCc2ccc(O)c(C(=O)C(=O)c3cccc(OC)c3)c2)c1. The van der Waals surface area contributed by atoms with Gasteiger partial charge in [0.2, 0.25) is 11.6 Å². The number of carbonyl (C=O) groups excluding carboxylic acids is 2. The van der Waals surface area contributed by atoms with Crippen LogP contribution in [0.3, 0.4) is 0 Å². The van der Waals surface area contributed by atoms with Crippen molar-refractivity contribution in [2.75, 3.05) is 14.2 Å². The number of hydrogen-bond acceptors (Lipinski definition) is 5. The van der Waals surface area contributed by atoms with Crippen LogP contribution in [0.1, 0.15) is 31.8 Å². The highest BCUT2D eigenvalue weighted by molar-refractivity contribution is 6.49. The lowest BCUT2D eigenvalue weighted by Gasteiger charge is -2.09. The van der Waals surface area contributed by atoms with Gasteiger partial charge in [0.05, 0.1) is 19.8 Å². The number of carbonyl (C=O) groups is 2. The second-order valence-corrected chi connectivity index (χ2v) is 6.59. The van der Waals surface area contributed by atoms with Crippen LogP contribution in [0.5, 0.6) is 17.2 Å². The van der Waals surface area contributed by atoms with Crippen molar-refractivity contribution in [3.63, 3.8) is 0 Å². The van der Waals surface area contributed by atoms with Crippen LogP contribution < -0.4 is 9.47 Å². The summed E-state index contributed by atoms with van der Waals surface area (Å²) in [6.07, 6.45) is 1.39. The minimum absolute atomic E-state index is 0.000891. The molecule has 0 aliphatic heterocycles. The van der Waals surface area contributed by atoms with E-state index in [1.54, 1.807) is 37.4 Å². The molecule has 5 heteroatoms. The molecule has 0 aliphatic rings.